The van der Waals surface area contributed by atoms with E-state index in [0.717, 1.165) is 0 Å². The predicted molar refractivity (Wildman–Crippen MR) is 106 cm³/mol. The molecule has 1 aliphatic heterocycles. The highest BCUT2D eigenvalue weighted by Gasteiger charge is 2.32. The average molecular weight is 416 g/mol. The molecule has 0 saturated carbocycles. The Hall–Kier alpha value is -3.56. The molecule has 0 spiro atoms. The minimum Gasteiger partial charge on any atom is -0.497 e. The zero-order chi connectivity index (χ0) is 22.0. The van der Waals surface area contributed by atoms with Gasteiger partial charge in [0.25, 0.3) is 5.91 Å². The lowest BCUT2D eigenvalue weighted by molar-refractivity contribution is -0.117. The quantitative estimate of drug-likeness (QED) is 0.700. The van der Waals surface area contributed by atoms with Gasteiger partial charge in [-0.15, -0.1) is 0 Å². The second kappa shape index (κ2) is 8.44. The fourth-order valence-corrected chi connectivity index (χ4v) is 3.71. The number of ketones is 1. The number of likely N-dealkylation sites (tertiary alicyclic amines) is 1. The fourth-order valence-electron chi connectivity index (χ4n) is 3.71. The SMILES string of the molecule is COc1cc(OC)cc([C@H](C(C)=O)c2nn([C@H]3CCN(C(=O)O)C3)cc2C(N)=O)c1. The van der Waals surface area contributed by atoms with Gasteiger partial charge in [-0.1, -0.05) is 0 Å². The molecular formula is C20H24N4O6. The van der Waals surface area contributed by atoms with E-state index in [1.165, 1.54) is 36.9 Å². The van der Waals surface area contributed by atoms with Gasteiger partial charge in [-0.2, -0.15) is 5.10 Å². The molecule has 3 N–H and O–H groups in total. The third-order valence-electron chi connectivity index (χ3n) is 5.22. The van der Waals surface area contributed by atoms with Crippen molar-refractivity contribution >= 4 is 17.8 Å². The van der Waals surface area contributed by atoms with Crippen molar-refractivity contribution in [2.24, 2.45) is 5.73 Å². The Kier molecular flexibility index (Phi) is 5.95. The molecule has 10 nitrogen and oxygen atoms in total. The first kappa shape index (κ1) is 21.2. The molecule has 2 amide bonds. The van der Waals surface area contributed by atoms with Crippen LogP contribution in [0.5, 0.6) is 11.5 Å². The number of aromatic nitrogens is 2. The summed E-state index contributed by atoms with van der Waals surface area (Å²) in [4.78, 5) is 37.3. The summed E-state index contributed by atoms with van der Waals surface area (Å²) in [5.41, 5.74) is 6.46. The van der Waals surface area contributed by atoms with Crippen LogP contribution in [0.25, 0.3) is 0 Å². The molecule has 1 aromatic carbocycles. The van der Waals surface area contributed by atoms with Crippen molar-refractivity contribution in [3.05, 3.63) is 41.2 Å². The van der Waals surface area contributed by atoms with E-state index in [-0.39, 0.29) is 29.6 Å². The van der Waals surface area contributed by atoms with Gasteiger partial charge in [-0.05, 0) is 31.0 Å². The van der Waals surface area contributed by atoms with Gasteiger partial charge in [-0.25, -0.2) is 4.79 Å². The third-order valence-corrected chi connectivity index (χ3v) is 5.22. The number of methoxy groups -OCH3 is 2. The van der Waals surface area contributed by atoms with Crippen LogP contribution in [-0.2, 0) is 4.79 Å². The van der Waals surface area contributed by atoms with Gasteiger partial charge in [0.05, 0.1) is 37.4 Å². The molecule has 1 saturated heterocycles. The Balaban J connectivity index is 2.07. The zero-order valence-electron chi connectivity index (χ0n) is 17.0. The maximum Gasteiger partial charge on any atom is 0.407 e. The molecule has 30 heavy (non-hydrogen) atoms. The number of carboxylic acid groups (broad SMARTS) is 1. The number of benzene rings is 1. The largest absolute Gasteiger partial charge is 0.497 e. The fraction of sp³-hybridized carbons (Fsp3) is 0.400. The van der Waals surface area contributed by atoms with Crippen LogP contribution in [-0.4, -0.2) is 64.9 Å². The first-order valence-corrected chi connectivity index (χ1v) is 9.35. The number of hydrogen-bond donors (Lipinski definition) is 2. The molecule has 10 heteroatoms. The van der Waals surface area contributed by atoms with Gasteiger partial charge in [0.1, 0.15) is 17.3 Å². The normalized spacial score (nSPS) is 16.9. The topological polar surface area (TPSA) is 137 Å². The van der Waals surface area contributed by atoms with E-state index < -0.39 is 17.9 Å². The maximum absolute atomic E-state index is 12.6. The summed E-state index contributed by atoms with van der Waals surface area (Å²) >= 11 is 0. The monoisotopic (exact) mass is 416 g/mol. The van der Waals surface area contributed by atoms with E-state index in [2.05, 4.69) is 5.10 Å². The number of rotatable bonds is 7. The Morgan fingerprint density at radius 3 is 2.30 bits per heavy atom. The first-order valence-electron chi connectivity index (χ1n) is 9.35. The van der Waals surface area contributed by atoms with Crippen molar-refractivity contribution in [1.29, 1.82) is 0 Å². The zero-order valence-corrected chi connectivity index (χ0v) is 17.0. The average Bonchev–Trinajstić information content (AvgIpc) is 3.35. The van der Waals surface area contributed by atoms with Gasteiger partial charge in [0, 0.05) is 25.4 Å². The van der Waals surface area contributed by atoms with Crippen LogP contribution >= 0.6 is 0 Å². The lowest BCUT2D eigenvalue weighted by Gasteiger charge is -2.16. The molecule has 0 bridgehead atoms. The van der Waals surface area contributed by atoms with Crippen molar-refractivity contribution in [2.45, 2.75) is 25.3 Å². The number of Topliss-reactive ketones (excluding diaryl/α,β-unsaturated/α-hetero) is 1. The van der Waals surface area contributed by atoms with E-state index in [4.69, 9.17) is 15.2 Å². The summed E-state index contributed by atoms with van der Waals surface area (Å²) in [6, 6.07) is 4.79. The number of nitrogens with two attached hydrogens (primary N) is 1. The number of amides is 2. The Labute approximate surface area is 173 Å². The van der Waals surface area contributed by atoms with E-state index in [1.807, 2.05) is 0 Å². The number of carbonyl (C=O) groups is 3. The first-order chi connectivity index (χ1) is 14.2. The van der Waals surface area contributed by atoms with Crippen molar-refractivity contribution < 1.29 is 29.0 Å². The van der Waals surface area contributed by atoms with Crippen molar-refractivity contribution in [3.63, 3.8) is 0 Å². The van der Waals surface area contributed by atoms with Crippen LogP contribution in [0.3, 0.4) is 0 Å². The van der Waals surface area contributed by atoms with Crippen molar-refractivity contribution in [3.8, 4) is 11.5 Å². The summed E-state index contributed by atoms with van der Waals surface area (Å²) in [5, 5.41) is 13.7. The molecule has 160 valence electrons. The number of hydrogen-bond acceptors (Lipinski definition) is 6. The number of ether oxygens (including phenoxy) is 2. The van der Waals surface area contributed by atoms with E-state index in [9.17, 15) is 19.5 Å². The number of nitrogens with zero attached hydrogens (tertiary/aromatic N) is 3. The van der Waals surface area contributed by atoms with E-state index in [1.54, 1.807) is 18.2 Å². The van der Waals surface area contributed by atoms with Gasteiger partial charge >= 0.3 is 6.09 Å². The molecule has 1 fully saturated rings. The Morgan fingerprint density at radius 1 is 1.20 bits per heavy atom. The van der Waals surface area contributed by atoms with E-state index in [0.29, 0.717) is 30.0 Å². The Bertz CT molecular complexity index is 963. The lowest BCUT2D eigenvalue weighted by atomic mass is 9.89. The summed E-state index contributed by atoms with van der Waals surface area (Å²) in [5.74, 6) is -0.844. The summed E-state index contributed by atoms with van der Waals surface area (Å²) in [7, 11) is 3.00. The summed E-state index contributed by atoms with van der Waals surface area (Å²) in [6.07, 6.45) is 1.02. The highest BCUT2D eigenvalue weighted by Crippen LogP contribution is 2.34. The summed E-state index contributed by atoms with van der Waals surface area (Å²) in [6.45, 7) is 2.01. The van der Waals surface area contributed by atoms with Crippen LogP contribution in [0.15, 0.2) is 24.4 Å². The molecule has 2 heterocycles. The van der Waals surface area contributed by atoms with Crippen LogP contribution in [0.4, 0.5) is 4.79 Å². The second-order valence-corrected chi connectivity index (χ2v) is 7.13. The minimum absolute atomic E-state index is 0.116. The highest BCUT2D eigenvalue weighted by molar-refractivity contribution is 5.97. The molecular weight excluding hydrogens is 392 g/mol. The molecule has 0 radical (unpaired) electrons. The predicted octanol–water partition coefficient (Wildman–Crippen LogP) is 1.64. The van der Waals surface area contributed by atoms with E-state index >= 15 is 0 Å². The van der Waals surface area contributed by atoms with Gasteiger partial charge in [-0.3, -0.25) is 14.3 Å². The standard InChI is InChI=1S/C20H24N4O6/c1-11(25)17(12-6-14(29-2)8-15(7-12)30-3)18-16(19(21)26)10-24(22-18)13-4-5-23(9-13)20(27)28/h6-8,10,13,17H,4-5,9H2,1-3H3,(H2,21,26)(H,27,28)/t13-,17-/m0/s1. The summed E-state index contributed by atoms with van der Waals surface area (Å²) < 4.78 is 12.1. The van der Waals surface area contributed by atoms with Crippen LogP contribution in [0.1, 0.15) is 46.9 Å². The molecule has 0 unspecified atom stereocenters. The Morgan fingerprint density at radius 2 is 1.83 bits per heavy atom. The molecule has 2 atom stereocenters. The maximum atomic E-state index is 12.6. The molecule has 3 rings (SSSR count). The third kappa shape index (κ3) is 4.07. The van der Waals surface area contributed by atoms with Gasteiger partial charge in [0.2, 0.25) is 0 Å². The lowest BCUT2D eigenvalue weighted by Crippen LogP contribution is -2.27. The number of carbonyl (C=O) groups excluding carboxylic acids is 2. The number of primary amides is 1. The molecule has 1 aliphatic rings. The van der Waals surface area contributed by atoms with Gasteiger partial charge in [0.15, 0.2) is 0 Å². The van der Waals surface area contributed by atoms with Crippen LogP contribution in [0.2, 0.25) is 0 Å². The molecule has 1 aromatic heterocycles. The molecule has 0 aliphatic carbocycles. The van der Waals surface area contributed by atoms with Gasteiger partial charge < -0.3 is 25.2 Å². The van der Waals surface area contributed by atoms with Crippen LogP contribution in [0, 0.1) is 0 Å². The van der Waals surface area contributed by atoms with Crippen LogP contribution < -0.4 is 15.2 Å². The van der Waals surface area contributed by atoms with Crippen molar-refractivity contribution in [2.75, 3.05) is 27.3 Å². The minimum atomic E-state index is -1.01. The second-order valence-electron chi connectivity index (χ2n) is 7.13. The smallest absolute Gasteiger partial charge is 0.407 e. The highest BCUT2D eigenvalue weighted by atomic mass is 16.5. The molecule has 2 aromatic rings. The van der Waals surface area contributed by atoms with Crippen molar-refractivity contribution in [1.82, 2.24) is 14.7 Å².